The summed E-state index contributed by atoms with van der Waals surface area (Å²) in [5.41, 5.74) is 9.94. The van der Waals surface area contributed by atoms with Crippen molar-refractivity contribution < 1.29 is 0 Å². The highest BCUT2D eigenvalue weighted by molar-refractivity contribution is 5.71. The second kappa shape index (κ2) is 4.62. The molecular formula is C14H19N3. The summed E-state index contributed by atoms with van der Waals surface area (Å²) in [5, 5.41) is 4.36. The van der Waals surface area contributed by atoms with Crippen molar-refractivity contribution in [1.29, 1.82) is 0 Å². The van der Waals surface area contributed by atoms with E-state index in [9.17, 15) is 0 Å². The standard InChI is InChI=1S/C14H19N3/c1-10(2)8-11-4-6-12(7-5-11)14-13(15)9-17(3)16-14/h4-7,9-10H,8,15H2,1-3H3. The molecule has 0 amide bonds. The Balaban J connectivity index is 2.26. The average Bonchev–Trinajstić information content (AvgIpc) is 2.58. The van der Waals surface area contributed by atoms with Crippen LogP contribution < -0.4 is 5.73 Å². The second-order valence-corrected chi connectivity index (χ2v) is 4.90. The fourth-order valence-corrected chi connectivity index (χ4v) is 2.00. The van der Waals surface area contributed by atoms with Crippen LogP contribution in [0.25, 0.3) is 11.3 Å². The predicted octanol–water partition coefficient (Wildman–Crippen LogP) is 2.87. The van der Waals surface area contributed by atoms with Gasteiger partial charge in [0.2, 0.25) is 0 Å². The van der Waals surface area contributed by atoms with Gasteiger partial charge in [-0.3, -0.25) is 4.68 Å². The summed E-state index contributed by atoms with van der Waals surface area (Å²) >= 11 is 0. The van der Waals surface area contributed by atoms with Crippen molar-refractivity contribution in [3.63, 3.8) is 0 Å². The number of hydrogen-bond donors (Lipinski definition) is 1. The zero-order valence-electron chi connectivity index (χ0n) is 10.6. The van der Waals surface area contributed by atoms with Crippen LogP contribution in [0.1, 0.15) is 19.4 Å². The number of rotatable bonds is 3. The molecule has 0 aliphatic rings. The van der Waals surface area contributed by atoms with E-state index in [1.54, 1.807) is 4.68 Å². The first kappa shape index (κ1) is 11.7. The first-order valence-electron chi connectivity index (χ1n) is 5.94. The number of nitrogens with zero attached hydrogens (tertiary/aromatic N) is 2. The third-order valence-corrected chi connectivity index (χ3v) is 2.73. The lowest BCUT2D eigenvalue weighted by molar-refractivity contribution is 0.647. The number of benzene rings is 1. The van der Waals surface area contributed by atoms with Crippen molar-refractivity contribution in [1.82, 2.24) is 9.78 Å². The number of nitrogen functional groups attached to an aromatic ring is 1. The Morgan fingerprint density at radius 3 is 2.35 bits per heavy atom. The lowest BCUT2D eigenvalue weighted by Crippen LogP contribution is -1.94. The average molecular weight is 229 g/mol. The summed E-state index contributed by atoms with van der Waals surface area (Å²) in [6.45, 7) is 4.45. The Kier molecular flexibility index (Phi) is 3.18. The van der Waals surface area contributed by atoms with Crippen LogP contribution in [0, 0.1) is 5.92 Å². The van der Waals surface area contributed by atoms with Gasteiger partial charge in [-0.25, -0.2) is 0 Å². The van der Waals surface area contributed by atoms with Crippen LogP contribution in [0.2, 0.25) is 0 Å². The Hall–Kier alpha value is -1.77. The monoisotopic (exact) mass is 229 g/mol. The van der Waals surface area contributed by atoms with Crippen molar-refractivity contribution in [3.05, 3.63) is 36.0 Å². The van der Waals surface area contributed by atoms with E-state index >= 15 is 0 Å². The van der Waals surface area contributed by atoms with E-state index in [-0.39, 0.29) is 0 Å². The zero-order valence-corrected chi connectivity index (χ0v) is 10.6. The number of hydrogen-bond acceptors (Lipinski definition) is 2. The molecule has 2 rings (SSSR count). The molecule has 3 heteroatoms. The van der Waals surface area contributed by atoms with E-state index in [1.165, 1.54) is 5.56 Å². The fraction of sp³-hybridized carbons (Fsp3) is 0.357. The first-order chi connectivity index (χ1) is 8.06. The van der Waals surface area contributed by atoms with Crippen molar-refractivity contribution in [2.24, 2.45) is 13.0 Å². The van der Waals surface area contributed by atoms with E-state index in [2.05, 4.69) is 43.2 Å². The molecule has 1 aromatic carbocycles. The van der Waals surface area contributed by atoms with Crippen molar-refractivity contribution in [3.8, 4) is 11.3 Å². The van der Waals surface area contributed by atoms with Gasteiger partial charge < -0.3 is 5.73 Å². The van der Waals surface area contributed by atoms with Crippen LogP contribution in [0.5, 0.6) is 0 Å². The van der Waals surface area contributed by atoms with Crippen molar-refractivity contribution in [2.45, 2.75) is 20.3 Å². The van der Waals surface area contributed by atoms with Gasteiger partial charge in [0.05, 0.1) is 5.69 Å². The zero-order chi connectivity index (χ0) is 12.4. The van der Waals surface area contributed by atoms with Crippen LogP contribution in [0.4, 0.5) is 5.69 Å². The molecule has 0 fully saturated rings. The molecule has 1 heterocycles. The maximum Gasteiger partial charge on any atom is 0.115 e. The fourth-order valence-electron chi connectivity index (χ4n) is 2.00. The molecule has 0 spiro atoms. The third-order valence-electron chi connectivity index (χ3n) is 2.73. The van der Waals surface area contributed by atoms with Gasteiger partial charge in [0.1, 0.15) is 5.69 Å². The minimum absolute atomic E-state index is 0.681. The molecule has 2 N–H and O–H groups in total. The molecular weight excluding hydrogens is 210 g/mol. The number of aryl methyl sites for hydroxylation is 1. The van der Waals surface area contributed by atoms with E-state index in [0.717, 1.165) is 23.4 Å². The maximum atomic E-state index is 5.91. The van der Waals surface area contributed by atoms with Gasteiger partial charge in [-0.15, -0.1) is 0 Å². The smallest absolute Gasteiger partial charge is 0.115 e. The largest absolute Gasteiger partial charge is 0.396 e. The molecule has 0 saturated heterocycles. The first-order valence-corrected chi connectivity index (χ1v) is 5.94. The molecule has 0 aliphatic heterocycles. The van der Waals surface area contributed by atoms with Gasteiger partial charge in [0.25, 0.3) is 0 Å². The number of nitrogens with two attached hydrogens (primary N) is 1. The number of aromatic nitrogens is 2. The summed E-state index contributed by atoms with van der Waals surface area (Å²) in [7, 11) is 1.88. The minimum Gasteiger partial charge on any atom is -0.396 e. The van der Waals surface area contributed by atoms with E-state index in [0.29, 0.717) is 5.92 Å². The molecule has 3 nitrogen and oxygen atoms in total. The molecule has 17 heavy (non-hydrogen) atoms. The topological polar surface area (TPSA) is 43.8 Å². The van der Waals surface area contributed by atoms with Gasteiger partial charge in [0.15, 0.2) is 0 Å². The van der Waals surface area contributed by atoms with Gasteiger partial charge in [0, 0.05) is 18.8 Å². The van der Waals surface area contributed by atoms with Crippen molar-refractivity contribution >= 4 is 5.69 Å². The molecule has 2 aromatic rings. The highest BCUT2D eigenvalue weighted by atomic mass is 15.3. The van der Waals surface area contributed by atoms with Crippen LogP contribution in [0.15, 0.2) is 30.5 Å². The Bertz CT molecular complexity index is 495. The molecule has 1 aromatic heterocycles. The van der Waals surface area contributed by atoms with Crippen LogP contribution in [0.3, 0.4) is 0 Å². The van der Waals surface area contributed by atoms with Crippen molar-refractivity contribution in [2.75, 3.05) is 5.73 Å². The summed E-state index contributed by atoms with van der Waals surface area (Å²) in [5.74, 6) is 0.681. The van der Waals surface area contributed by atoms with Crippen LogP contribution >= 0.6 is 0 Å². The highest BCUT2D eigenvalue weighted by Gasteiger charge is 2.07. The van der Waals surface area contributed by atoms with E-state index < -0.39 is 0 Å². The Morgan fingerprint density at radius 2 is 1.88 bits per heavy atom. The Labute approximate surface area is 102 Å². The molecule has 0 saturated carbocycles. The summed E-state index contributed by atoms with van der Waals surface area (Å²) in [4.78, 5) is 0. The SMILES string of the molecule is CC(C)Cc1ccc(-c2nn(C)cc2N)cc1. The van der Waals surface area contributed by atoms with Gasteiger partial charge in [-0.05, 0) is 17.9 Å². The molecule has 0 atom stereocenters. The molecule has 90 valence electrons. The second-order valence-electron chi connectivity index (χ2n) is 4.90. The van der Waals surface area contributed by atoms with Crippen LogP contribution in [-0.4, -0.2) is 9.78 Å². The molecule has 0 unspecified atom stereocenters. The molecule has 0 radical (unpaired) electrons. The normalized spacial score (nSPS) is 11.1. The molecule has 0 bridgehead atoms. The summed E-state index contributed by atoms with van der Waals surface area (Å²) < 4.78 is 1.74. The van der Waals surface area contributed by atoms with Crippen LogP contribution in [-0.2, 0) is 13.5 Å². The highest BCUT2D eigenvalue weighted by Crippen LogP contribution is 2.24. The van der Waals surface area contributed by atoms with E-state index in [4.69, 9.17) is 5.73 Å². The molecule has 0 aliphatic carbocycles. The third kappa shape index (κ3) is 2.67. The summed E-state index contributed by atoms with van der Waals surface area (Å²) in [6, 6.07) is 8.50. The van der Waals surface area contributed by atoms with Gasteiger partial charge in [-0.2, -0.15) is 5.10 Å². The quantitative estimate of drug-likeness (QED) is 0.879. The summed E-state index contributed by atoms with van der Waals surface area (Å²) in [6.07, 6.45) is 2.94. The lowest BCUT2D eigenvalue weighted by Gasteiger charge is -2.05. The maximum absolute atomic E-state index is 5.91. The van der Waals surface area contributed by atoms with E-state index in [1.807, 2.05) is 13.2 Å². The predicted molar refractivity (Wildman–Crippen MR) is 71.6 cm³/mol. The minimum atomic E-state index is 0.681. The lowest BCUT2D eigenvalue weighted by atomic mass is 10.0. The van der Waals surface area contributed by atoms with Gasteiger partial charge >= 0.3 is 0 Å². The van der Waals surface area contributed by atoms with Gasteiger partial charge in [-0.1, -0.05) is 38.1 Å². The Morgan fingerprint density at radius 1 is 1.24 bits per heavy atom. The number of anilines is 1.